The molecule has 5 nitrogen and oxygen atoms in total. The molecule has 2 aromatic heterocycles. The summed E-state index contributed by atoms with van der Waals surface area (Å²) in [6.45, 7) is 0. The van der Waals surface area contributed by atoms with Gasteiger partial charge in [-0.1, -0.05) is 24.3 Å². The van der Waals surface area contributed by atoms with Crippen LogP contribution < -0.4 is 4.74 Å². The number of para-hydroxylation sites is 1. The maximum Gasteiger partial charge on any atom is 0.143 e. The summed E-state index contributed by atoms with van der Waals surface area (Å²) in [7, 11) is 3.75. The highest BCUT2D eigenvalue weighted by molar-refractivity contribution is 6.12. The Labute approximate surface area is 163 Å². The monoisotopic (exact) mass is 368 g/mol. The zero-order valence-corrected chi connectivity index (χ0v) is 15.9. The Balaban J connectivity index is 1.85. The minimum absolute atomic E-state index is 0.605. The van der Waals surface area contributed by atoms with Crippen molar-refractivity contribution in [2.24, 2.45) is 7.05 Å². The van der Waals surface area contributed by atoms with E-state index in [1.165, 1.54) is 0 Å². The molecule has 1 aliphatic rings. The van der Waals surface area contributed by atoms with Crippen LogP contribution in [0.2, 0.25) is 0 Å². The van der Waals surface area contributed by atoms with Crippen molar-refractivity contribution in [2.45, 2.75) is 24.7 Å². The Kier molecular flexibility index (Phi) is 3.63. The van der Waals surface area contributed by atoms with Crippen molar-refractivity contribution >= 4 is 21.8 Å². The number of nitriles is 1. The lowest BCUT2D eigenvalue weighted by Crippen LogP contribution is -2.32. The molecule has 1 unspecified atom stereocenters. The summed E-state index contributed by atoms with van der Waals surface area (Å²) in [4.78, 5) is 8.60. The van der Waals surface area contributed by atoms with Gasteiger partial charge >= 0.3 is 0 Å². The summed E-state index contributed by atoms with van der Waals surface area (Å²) >= 11 is 0. The van der Waals surface area contributed by atoms with Crippen LogP contribution in [0.15, 0.2) is 48.9 Å². The van der Waals surface area contributed by atoms with E-state index in [0.717, 1.165) is 57.2 Å². The maximum absolute atomic E-state index is 10.4. The predicted molar refractivity (Wildman–Crippen MR) is 108 cm³/mol. The first-order chi connectivity index (χ1) is 13.7. The van der Waals surface area contributed by atoms with Gasteiger partial charge in [-0.15, -0.1) is 0 Å². The van der Waals surface area contributed by atoms with Gasteiger partial charge < -0.3 is 9.30 Å². The number of hydrogen-bond donors (Lipinski definition) is 0. The van der Waals surface area contributed by atoms with Crippen molar-refractivity contribution in [3.05, 3.63) is 65.7 Å². The van der Waals surface area contributed by atoms with Crippen LogP contribution in [-0.2, 0) is 25.3 Å². The van der Waals surface area contributed by atoms with E-state index in [1.54, 1.807) is 13.4 Å². The Morgan fingerprint density at radius 2 is 2.07 bits per heavy atom. The van der Waals surface area contributed by atoms with Gasteiger partial charge in [-0.2, -0.15) is 5.26 Å². The normalized spacial score (nSPS) is 18.8. The Bertz CT molecular complexity index is 1270. The summed E-state index contributed by atoms with van der Waals surface area (Å²) in [5, 5.41) is 12.6. The molecule has 5 rings (SSSR count). The third-order valence-corrected chi connectivity index (χ3v) is 6.12. The van der Waals surface area contributed by atoms with E-state index < -0.39 is 5.41 Å². The van der Waals surface area contributed by atoms with Crippen molar-refractivity contribution in [3.8, 4) is 11.8 Å². The number of aryl methyl sites for hydroxylation is 2. The summed E-state index contributed by atoms with van der Waals surface area (Å²) < 4.78 is 7.84. The summed E-state index contributed by atoms with van der Waals surface area (Å²) in [5.41, 5.74) is 4.76. The van der Waals surface area contributed by atoms with E-state index in [9.17, 15) is 5.26 Å². The lowest BCUT2D eigenvalue weighted by atomic mass is 9.68. The second-order valence-electron chi connectivity index (χ2n) is 7.48. The number of nitrogens with zero attached hydrogens (tertiary/aromatic N) is 4. The largest absolute Gasteiger partial charge is 0.495 e. The van der Waals surface area contributed by atoms with E-state index in [0.29, 0.717) is 6.42 Å². The minimum atomic E-state index is -0.605. The second kappa shape index (κ2) is 6.07. The molecule has 2 heterocycles. The van der Waals surface area contributed by atoms with Crippen LogP contribution in [0, 0.1) is 11.3 Å². The number of ether oxygens (including phenoxy) is 1. The molecule has 0 fully saturated rings. The Morgan fingerprint density at radius 3 is 2.89 bits per heavy atom. The lowest BCUT2D eigenvalue weighted by molar-refractivity contribution is 0.417. The molecule has 0 aliphatic heterocycles. The third kappa shape index (κ3) is 2.18. The van der Waals surface area contributed by atoms with Crippen LogP contribution in [0.5, 0.6) is 5.75 Å². The zero-order chi connectivity index (χ0) is 19.3. The van der Waals surface area contributed by atoms with Crippen LogP contribution in [0.1, 0.15) is 23.2 Å². The average Bonchev–Trinajstić information content (AvgIpc) is 3.06. The molecule has 138 valence electrons. The Hall–Kier alpha value is -3.39. The zero-order valence-electron chi connectivity index (χ0n) is 15.9. The van der Waals surface area contributed by atoms with E-state index >= 15 is 0 Å². The minimum Gasteiger partial charge on any atom is -0.495 e. The number of methoxy groups -OCH3 is 1. The molecular weight excluding hydrogens is 348 g/mol. The van der Waals surface area contributed by atoms with Gasteiger partial charge in [0.25, 0.3) is 0 Å². The molecule has 0 bridgehead atoms. The first kappa shape index (κ1) is 16.8. The average molecular weight is 368 g/mol. The van der Waals surface area contributed by atoms with E-state index in [4.69, 9.17) is 4.74 Å². The molecule has 28 heavy (non-hydrogen) atoms. The smallest absolute Gasteiger partial charge is 0.143 e. The van der Waals surface area contributed by atoms with Gasteiger partial charge in [0.05, 0.1) is 24.1 Å². The molecule has 2 aromatic carbocycles. The highest BCUT2D eigenvalue weighted by Gasteiger charge is 2.39. The molecule has 0 amide bonds. The maximum atomic E-state index is 10.4. The fraction of sp³-hybridized carbons (Fsp3) is 0.261. The standard InChI is InChI=1S/C23H20N4O/c1-27-19-6-4-3-5-16(19)21-17(7-8-20(28-2)22(21)27)23(13-24)10-9-18-15(11-23)12-25-14-26-18/h3-8,12,14H,9-11H2,1-2H3. The number of aromatic nitrogens is 3. The second-order valence-corrected chi connectivity index (χ2v) is 7.48. The van der Waals surface area contributed by atoms with Crippen LogP contribution in [0.25, 0.3) is 21.8 Å². The number of hydrogen-bond acceptors (Lipinski definition) is 4. The predicted octanol–water partition coefficient (Wildman–Crippen LogP) is 4.08. The molecule has 0 saturated heterocycles. The molecule has 5 heteroatoms. The molecule has 0 spiro atoms. The molecule has 0 radical (unpaired) electrons. The highest BCUT2D eigenvalue weighted by atomic mass is 16.5. The van der Waals surface area contributed by atoms with Gasteiger partial charge in [0.15, 0.2) is 0 Å². The lowest BCUT2D eigenvalue weighted by Gasteiger charge is -2.32. The first-order valence-electron chi connectivity index (χ1n) is 9.42. The summed E-state index contributed by atoms with van der Waals surface area (Å²) in [6.07, 6.45) is 5.61. The molecule has 1 aliphatic carbocycles. The SMILES string of the molecule is COc1ccc(C2(C#N)CCc3ncncc3C2)c2c3ccccc3n(C)c12. The molecular formula is C23H20N4O. The van der Waals surface area contributed by atoms with Crippen molar-refractivity contribution < 1.29 is 4.74 Å². The van der Waals surface area contributed by atoms with Crippen LogP contribution in [-0.4, -0.2) is 21.6 Å². The van der Waals surface area contributed by atoms with Crippen LogP contribution in [0.4, 0.5) is 0 Å². The van der Waals surface area contributed by atoms with Crippen molar-refractivity contribution in [2.75, 3.05) is 7.11 Å². The molecule has 0 N–H and O–H groups in total. The Morgan fingerprint density at radius 1 is 1.21 bits per heavy atom. The number of benzene rings is 2. The van der Waals surface area contributed by atoms with Crippen LogP contribution in [0.3, 0.4) is 0 Å². The van der Waals surface area contributed by atoms with Gasteiger partial charge in [0.1, 0.15) is 12.1 Å². The fourth-order valence-corrected chi connectivity index (χ4v) is 4.73. The molecule has 0 saturated carbocycles. The van der Waals surface area contributed by atoms with Crippen molar-refractivity contribution in [1.82, 2.24) is 14.5 Å². The van der Waals surface area contributed by atoms with E-state index in [1.807, 2.05) is 24.4 Å². The van der Waals surface area contributed by atoms with E-state index in [-0.39, 0.29) is 0 Å². The van der Waals surface area contributed by atoms with E-state index in [2.05, 4.69) is 45.9 Å². The molecule has 1 atom stereocenters. The fourth-order valence-electron chi connectivity index (χ4n) is 4.73. The first-order valence-corrected chi connectivity index (χ1v) is 9.42. The van der Waals surface area contributed by atoms with Gasteiger partial charge in [-0.25, -0.2) is 9.97 Å². The summed E-state index contributed by atoms with van der Waals surface area (Å²) in [6, 6.07) is 15.1. The van der Waals surface area contributed by atoms with Crippen molar-refractivity contribution in [3.63, 3.8) is 0 Å². The van der Waals surface area contributed by atoms with Gasteiger partial charge in [-0.3, -0.25) is 0 Å². The quantitative estimate of drug-likeness (QED) is 0.535. The van der Waals surface area contributed by atoms with Crippen molar-refractivity contribution in [1.29, 1.82) is 5.26 Å². The van der Waals surface area contributed by atoms with Gasteiger partial charge in [0.2, 0.25) is 0 Å². The van der Waals surface area contributed by atoms with Gasteiger partial charge in [-0.05, 0) is 42.5 Å². The summed E-state index contributed by atoms with van der Waals surface area (Å²) in [5.74, 6) is 0.824. The van der Waals surface area contributed by atoms with Crippen LogP contribution >= 0.6 is 0 Å². The van der Waals surface area contributed by atoms with Gasteiger partial charge in [0, 0.05) is 35.2 Å². The number of rotatable bonds is 2. The molecule has 4 aromatic rings. The topological polar surface area (TPSA) is 63.7 Å². The number of fused-ring (bicyclic) bond motifs is 4. The third-order valence-electron chi connectivity index (χ3n) is 6.12. The highest BCUT2D eigenvalue weighted by Crippen LogP contribution is 2.45.